The molecule has 5 heteroatoms. The highest BCUT2D eigenvalue weighted by Crippen LogP contribution is 2.35. The van der Waals surface area contributed by atoms with Gasteiger partial charge in [0.05, 0.1) is 13.7 Å². The smallest absolute Gasteiger partial charge is 0.191 e. The van der Waals surface area contributed by atoms with E-state index in [4.69, 9.17) is 15.2 Å². The van der Waals surface area contributed by atoms with E-state index in [1.54, 1.807) is 7.11 Å². The van der Waals surface area contributed by atoms with E-state index in [1.165, 1.54) is 18.4 Å². The van der Waals surface area contributed by atoms with Crippen molar-refractivity contribution in [1.82, 2.24) is 4.90 Å². The minimum absolute atomic E-state index is 0.231. The Kier molecular flexibility index (Phi) is 3.66. The van der Waals surface area contributed by atoms with Crippen LogP contribution in [0.4, 0.5) is 0 Å². The molecule has 0 saturated heterocycles. The summed E-state index contributed by atoms with van der Waals surface area (Å²) in [5.74, 6) is 2.40. The predicted octanol–water partition coefficient (Wildman–Crippen LogP) is 1.93. The number of nitrogens with two attached hydrogens (primary N) is 1. The summed E-state index contributed by atoms with van der Waals surface area (Å²) in [7, 11) is 3.69. The Morgan fingerprint density at radius 2 is 2.24 bits per heavy atom. The molecule has 1 aromatic rings. The number of nitrogens with zero attached hydrogens (tertiary/aromatic N) is 2. The van der Waals surface area contributed by atoms with Crippen LogP contribution in [0.25, 0.3) is 0 Å². The Hall–Kier alpha value is -1.91. The average molecular weight is 289 g/mol. The zero-order chi connectivity index (χ0) is 15.0. The van der Waals surface area contributed by atoms with Crippen LogP contribution in [-0.4, -0.2) is 37.2 Å². The molecule has 2 aliphatic rings. The summed E-state index contributed by atoms with van der Waals surface area (Å²) in [6.45, 7) is 2.59. The molecule has 0 spiro atoms. The quantitative estimate of drug-likeness (QED) is 0.679. The molecule has 0 amide bonds. The van der Waals surface area contributed by atoms with Crippen LogP contribution in [0.15, 0.2) is 17.1 Å². The van der Waals surface area contributed by atoms with Crippen molar-refractivity contribution in [2.45, 2.75) is 44.9 Å². The van der Waals surface area contributed by atoms with Crippen LogP contribution in [0.1, 0.15) is 30.9 Å². The Morgan fingerprint density at radius 3 is 2.90 bits per heavy atom. The Bertz CT molecular complexity index is 567. The maximum absolute atomic E-state index is 6.04. The summed E-state index contributed by atoms with van der Waals surface area (Å²) >= 11 is 0. The van der Waals surface area contributed by atoms with Gasteiger partial charge in [0.2, 0.25) is 0 Å². The van der Waals surface area contributed by atoms with Gasteiger partial charge >= 0.3 is 0 Å². The number of benzene rings is 1. The lowest BCUT2D eigenvalue weighted by Crippen LogP contribution is -2.35. The summed E-state index contributed by atoms with van der Waals surface area (Å²) in [6.07, 6.45) is 3.58. The maximum Gasteiger partial charge on any atom is 0.191 e. The lowest BCUT2D eigenvalue weighted by molar-refractivity contribution is 0.254. The molecule has 0 radical (unpaired) electrons. The van der Waals surface area contributed by atoms with Crippen LogP contribution in [0.3, 0.4) is 0 Å². The van der Waals surface area contributed by atoms with Crippen molar-refractivity contribution in [2.75, 3.05) is 14.2 Å². The second-order valence-corrected chi connectivity index (χ2v) is 5.92. The molecule has 5 nitrogen and oxygen atoms in total. The molecule has 1 aliphatic carbocycles. The van der Waals surface area contributed by atoms with Gasteiger partial charge < -0.3 is 20.1 Å². The van der Waals surface area contributed by atoms with Crippen LogP contribution in [0, 0.1) is 0 Å². The van der Waals surface area contributed by atoms with E-state index in [9.17, 15) is 0 Å². The molecule has 1 saturated carbocycles. The van der Waals surface area contributed by atoms with E-state index in [-0.39, 0.29) is 6.10 Å². The summed E-state index contributed by atoms with van der Waals surface area (Å²) in [4.78, 5) is 6.55. The minimum Gasteiger partial charge on any atom is -0.496 e. The first-order chi connectivity index (χ1) is 10.1. The number of hydrogen-bond acceptors (Lipinski definition) is 3. The van der Waals surface area contributed by atoms with Gasteiger partial charge in [-0.25, -0.2) is 4.99 Å². The number of hydrogen-bond donors (Lipinski definition) is 1. The van der Waals surface area contributed by atoms with E-state index in [0.717, 1.165) is 23.5 Å². The van der Waals surface area contributed by atoms with Crippen LogP contribution in [0.5, 0.6) is 11.5 Å². The third-order valence-corrected chi connectivity index (χ3v) is 4.17. The van der Waals surface area contributed by atoms with Crippen molar-refractivity contribution < 1.29 is 9.47 Å². The van der Waals surface area contributed by atoms with Crippen LogP contribution in [0.2, 0.25) is 0 Å². The van der Waals surface area contributed by atoms with Crippen molar-refractivity contribution >= 4 is 5.96 Å². The standard InChI is InChI=1S/C16H23N3O2/c1-10-6-11-7-14(20-3)12(8-15(11)21-10)9-18-16(17)19(2)13-4-5-13/h7-8,10,13H,4-6,9H2,1-3H3,(H2,17,18). The van der Waals surface area contributed by atoms with Gasteiger partial charge in [-0.05, 0) is 31.9 Å². The Labute approximate surface area is 125 Å². The van der Waals surface area contributed by atoms with Crippen molar-refractivity contribution in [3.05, 3.63) is 23.3 Å². The van der Waals surface area contributed by atoms with Crippen molar-refractivity contribution in [3.63, 3.8) is 0 Å². The molecular weight excluding hydrogens is 266 g/mol. The van der Waals surface area contributed by atoms with Gasteiger partial charge in [0, 0.05) is 30.6 Å². The van der Waals surface area contributed by atoms with E-state index < -0.39 is 0 Å². The average Bonchev–Trinajstić information content (AvgIpc) is 3.24. The number of guanidine groups is 1. The van der Waals surface area contributed by atoms with Gasteiger partial charge in [0.15, 0.2) is 5.96 Å². The van der Waals surface area contributed by atoms with Gasteiger partial charge in [-0.3, -0.25) is 0 Å². The van der Waals surface area contributed by atoms with Crippen molar-refractivity contribution in [2.24, 2.45) is 10.7 Å². The van der Waals surface area contributed by atoms with Crippen molar-refractivity contribution in [1.29, 1.82) is 0 Å². The predicted molar refractivity (Wildman–Crippen MR) is 82.9 cm³/mol. The summed E-state index contributed by atoms with van der Waals surface area (Å²) in [5, 5.41) is 0. The molecule has 2 N–H and O–H groups in total. The van der Waals surface area contributed by atoms with Gasteiger partial charge in [-0.15, -0.1) is 0 Å². The fraction of sp³-hybridized carbons (Fsp3) is 0.562. The van der Waals surface area contributed by atoms with Gasteiger partial charge in [0.1, 0.15) is 17.6 Å². The molecule has 1 aliphatic heterocycles. The molecule has 3 rings (SSSR count). The number of rotatable bonds is 4. The van der Waals surface area contributed by atoms with Gasteiger partial charge in [-0.1, -0.05) is 0 Å². The second-order valence-electron chi connectivity index (χ2n) is 5.92. The minimum atomic E-state index is 0.231. The molecule has 1 aromatic carbocycles. The number of ether oxygens (including phenoxy) is 2. The molecule has 1 atom stereocenters. The SMILES string of the molecule is COc1cc2c(cc1CN=C(N)N(C)C1CC1)OC(C)C2. The fourth-order valence-electron chi connectivity index (χ4n) is 2.72. The second kappa shape index (κ2) is 5.47. The first-order valence-corrected chi connectivity index (χ1v) is 7.47. The van der Waals surface area contributed by atoms with E-state index in [1.807, 2.05) is 13.1 Å². The lowest BCUT2D eigenvalue weighted by Gasteiger charge is -2.17. The van der Waals surface area contributed by atoms with Gasteiger partial charge in [-0.2, -0.15) is 0 Å². The summed E-state index contributed by atoms with van der Waals surface area (Å²) in [6, 6.07) is 4.66. The van der Waals surface area contributed by atoms with Crippen LogP contribution < -0.4 is 15.2 Å². The third kappa shape index (κ3) is 2.91. The molecule has 1 fully saturated rings. The molecule has 1 heterocycles. The molecule has 0 aromatic heterocycles. The largest absolute Gasteiger partial charge is 0.496 e. The number of aliphatic imine (C=N–C) groups is 1. The van der Waals surface area contributed by atoms with E-state index >= 15 is 0 Å². The van der Waals surface area contributed by atoms with E-state index in [0.29, 0.717) is 18.5 Å². The Balaban J connectivity index is 1.78. The first kappa shape index (κ1) is 14.0. The first-order valence-electron chi connectivity index (χ1n) is 7.47. The molecule has 114 valence electrons. The van der Waals surface area contributed by atoms with Crippen LogP contribution >= 0.6 is 0 Å². The highest BCUT2D eigenvalue weighted by molar-refractivity contribution is 5.78. The lowest BCUT2D eigenvalue weighted by atomic mass is 10.1. The topological polar surface area (TPSA) is 60.1 Å². The zero-order valence-electron chi connectivity index (χ0n) is 12.9. The fourth-order valence-corrected chi connectivity index (χ4v) is 2.72. The van der Waals surface area contributed by atoms with Gasteiger partial charge in [0.25, 0.3) is 0 Å². The Morgan fingerprint density at radius 1 is 1.48 bits per heavy atom. The van der Waals surface area contributed by atoms with Crippen molar-refractivity contribution in [3.8, 4) is 11.5 Å². The maximum atomic E-state index is 6.04. The molecular formula is C16H23N3O2. The molecule has 1 unspecified atom stereocenters. The third-order valence-electron chi connectivity index (χ3n) is 4.17. The normalized spacial score (nSPS) is 20.9. The summed E-state index contributed by atoms with van der Waals surface area (Å²) in [5.41, 5.74) is 8.25. The number of methoxy groups -OCH3 is 1. The van der Waals surface area contributed by atoms with E-state index in [2.05, 4.69) is 22.9 Å². The highest BCUT2D eigenvalue weighted by atomic mass is 16.5. The zero-order valence-corrected chi connectivity index (χ0v) is 12.9. The summed E-state index contributed by atoms with van der Waals surface area (Å²) < 4.78 is 11.3. The molecule has 21 heavy (non-hydrogen) atoms. The highest BCUT2D eigenvalue weighted by Gasteiger charge is 2.27. The number of fused-ring (bicyclic) bond motifs is 1. The van der Waals surface area contributed by atoms with Crippen LogP contribution in [-0.2, 0) is 13.0 Å². The monoisotopic (exact) mass is 289 g/mol. The molecule has 0 bridgehead atoms.